The monoisotopic (exact) mass is 199 g/mol. The molecule has 1 aromatic rings. The number of hydrogen-bond donors (Lipinski definition) is 1. The fourth-order valence-corrected chi connectivity index (χ4v) is 2.59. The first-order valence-corrected chi connectivity index (χ1v) is 5.53. The lowest BCUT2D eigenvalue weighted by Gasteiger charge is -1.98. The molecule has 0 saturated carbocycles. The van der Waals surface area contributed by atoms with E-state index >= 15 is 0 Å². The molecule has 2 rings (SSSR count). The van der Waals surface area contributed by atoms with Gasteiger partial charge in [0, 0.05) is 0 Å². The van der Waals surface area contributed by atoms with E-state index in [1.165, 1.54) is 18.6 Å². The van der Waals surface area contributed by atoms with Crippen LogP contribution in [0.5, 0.6) is 0 Å². The fraction of sp³-hybridized carbons (Fsp3) is 0.750. The summed E-state index contributed by atoms with van der Waals surface area (Å²) in [5, 5.41) is 7.33. The highest BCUT2D eigenvalue weighted by Gasteiger charge is 2.23. The highest BCUT2D eigenvalue weighted by molar-refractivity contribution is 7.99. The molecule has 1 aliphatic heterocycles. The van der Waals surface area contributed by atoms with Gasteiger partial charge >= 0.3 is 0 Å². The van der Waals surface area contributed by atoms with Crippen LogP contribution in [-0.4, -0.2) is 22.9 Å². The van der Waals surface area contributed by atoms with Gasteiger partial charge in [-0.05, 0) is 25.6 Å². The lowest BCUT2D eigenvalue weighted by atomic mass is 10.2. The molecule has 5 heteroatoms. The molecule has 0 aromatic carbocycles. The highest BCUT2D eigenvalue weighted by atomic mass is 32.2. The van der Waals surface area contributed by atoms with Crippen molar-refractivity contribution in [2.24, 2.45) is 0 Å². The van der Waals surface area contributed by atoms with Crippen molar-refractivity contribution in [1.29, 1.82) is 0 Å². The number of thioether (sulfide) groups is 1. The van der Waals surface area contributed by atoms with Crippen molar-refractivity contribution in [3.63, 3.8) is 0 Å². The first-order chi connectivity index (χ1) is 6.40. The Morgan fingerprint density at radius 2 is 2.62 bits per heavy atom. The lowest BCUT2D eigenvalue weighted by molar-refractivity contribution is 0.369. The zero-order chi connectivity index (χ0) is 9.10. The molecule has 1 unspecified atom stereocenters. The molecule has 1 aliphatic rings. The summed E-state index contributed by atoms with van der Waals surface area (Å²) in [6.45, 7) is 0.681. The molecule has 4 nitrogen and oxygen atoms in total. The molecule has 0 spiro atoms. The van der Waals surface area contributed by atoms with Gasteiger partial charge in [-0.25, -0.2) is 0 Å². The maximum Gasteiger partial charge on any atom is 0.239 e. The average molecular weight is 199 g/mol. The van der Waals surface area contributed by atoms with Crippen LogP contribution >= 0.6 is 11.8 Å². The number of rotatable bonds is 3. The van der Waals surface area contributed by atoms with Gasteiger partial charge in [-0.1, -0.05) is 5.16 Å². The van der Waals surface area contributed by atoms with Gasteiger partial charge < -0.3 is 9.84 Å². The molecule has 0 amide bonds. The summed E-state index contributed by atoms with van der Waals surface area (Å²) < 4.78 is 5.18. The van der Waals surface area contributed by atoms with Gasteiger partial charge in [0.2, 0.25) is 5.89 Å². The highest BCUT2D eigenvalue weighted by Crippen LogP contribution is 2.38. The minimum Gasteiger partial charge on any atom is -0.338 e. The molecule has 13 heavy (non-hydrogen) atoms. The second-order valence-electron chi connectivity index (χ2n) is 3.08. The van der Waals surface area contributed by atoms with Crippen LogP contribution in [0.25, 0.3) is 0 Å². The minimum atomic E-state index is 0.443. The molecular formula is C8H13N3OS. The summed E-state index contributed by atoms with van der Waals surface area (Å²) in [7, 11) is 1.88. The van der Waals surface area contributed by atoms with E-state index < -0.39 is 0 Å². The summed E-state index contributed by atoms with van der Waals surface area (Å²) in [4.78, 5) is 4.32. The molecule has 1 fully saturated rings. The van der Waals surface area contributed by atoms with E-state index in [4.69, 9.17) is 4.52 Å². The predicted molar refractivity (Wildman–Crippen MR) is 51.5 cm³/mol. The second kappa shape index (κ2) is 4.11. The summed E-state index contributed by atoms with van der Waals surface area (Å²) >= 11 is 1.91. The number of nitrogens with one attached hydrogen (secondary N) is 1. The van der Waals surface area contributed by atoms with Crippen LogP contribution in [0, 0.1) is 0 Å². The Hall–Kier alpha value is -0.550. The second-order valence-corrected chi connectivity index (χ2v) is 4.39. The smallest absolute Gasteiger partial charge is 0.239 e. The molecule has 0 radical (unpaired) electrons. The van der Waals surface area contributed by atoms with Crippen molar-refractivity contribution in [2.75, 3.05) is 12.8 Å². The van der Waals surface area contributed by atoms with Gasteiger partial charge in [0.05, 0.1) is 11.8 Å². The van der Waals surface area contributed by atoms with Gasteiger partial charge in [-0.2, -0.15) is 4.98 Å². The van der Waals surface area contributed by atoms with Gasteiger partial charge in [-0.3, -0.25) is 0 Å². The largest absolute Gasteiger partial charge is 0.338 e. The van der Waals surface area contributed by atoms with Crippen LogP contribution < -0.4 is 5.32 Å². The molecule has 0 bridgehead atoms. The van der Waals surface area contributed by atoms with E-state index in [1.807, 2.05) is 18.8 Å². The van der Waals surface area contributed by atoms with Crippen LogP contribution in [0.1, 0.15) is 29.8 Å². The van der Waals surface area contributed by atoms with Crippen LogP contribution in [0.4, 0.5) is 0 Å². The van der Waals surface area contributed by atoms with Crippen molar-refractivity contribution >= 4 is 11.8 Å². The Balaban J connectivity index is 2.03. The topological polar surface area (TPSA) is 51.0 Å². The summed E-state index contributed by atoms with van der Waals surface area (Å²) in [6, 6.07) is 0. The van der Waals surface area contributed by atoms with Crippen molar-refractivity contribution in [3.8, 4) is 0 Å². The fourth-order valence-electron chi connectivity index (χ4n) is 1.40. The van der Waals surface area contributed by atoms with Gasteiger partial charge in [-0.15, -0.1) is 11.8 Å². The van der Waals surface area contributed by atoms with E-state index in [0.717, 1.165) is 11.7 Å². The Kier molecular flexibility index (Phi) is 2.85. The number of aromatic nitrogens is 2. The van der Waals surface area contributed by atoms with Crippen LogP contribution in [-0.2, 0) is 6.54 Å². The van der Waals surface area contributed by atoms with E-state index in [0.29, 0.717) is 11.8 Å². The SMILES string of the molecule is CNCc1noc(C2CCCS2)n1. The number of nitrogens with zero attached hydrogens (tertiary/aromatic N) is 2. The molecule has 1 aromatic heterocycles. The van der Waals surface area contributed by atoms with Crippen molar-refractivity contribution < 1.29 is 4.52 Å². The number of hydrogen-bond acceptors (Lipinski definition) is 5. The minimum absolute atomic E-state index is 0.443. The predicted octanol–water partition coefficient (Wildman–Crippen LogP) is 1.36. The van der Waals surface area contributed by atoms with Gasteiger partial charge in [0.15, 0.2) is 5.82 Å². The standard InChI is InChI=1S/C8H13N3OS/c1-9-5-7-10-8(12-11-7)6-3-2-4-13-6/h6,9H,2-5H2,1H3. The van der Waals surface area contributed by atoms with E-state index in [9.17, 15) is 0 Å². The van der Waals surface area contributed by atoms with Crippen LogP contribution in [0.3, 0.4) is 0 Å². The quantitative estimate of drug-likeness (QED) is 0.796. The van der Waals surface area contributed by atoms with Crippen molar-refractivity contribution in [1.82, 2.24) is 15.5 Å². The molecule has 72 valence electrons. The Bertz CT molecular complexity index is 270. The van der Waals surface area contributed by atoms with Gasteiger partial charge in [0.1, 0.15) is 0 Å². The molecule has 0 aliphatic carbocycles. The summed E-state index contributed by atoms with van der Waals surface area (Å²) in [5.74, 6) is 2.77. The third-order valence-electron chi connectivity index (χ3n) is 2.02. The Morgan fingerprint density at radius 3 is 3.31 bits per heavy atom. The van der Waals surface area contributed by atoms with Crippen molar-refractivity contribution in [2.45, 2.75) is 24.6 Å². The molecule has 1 saturated heterocycles. The average Bonchev–Trinajstić information content (AvgIpc) is 2.70. The summed E-state index contributed by atoms with van der Waals surface area (Å²) in [6.07, 6.45) is 2.44. The third kappa shape index (κ3) is 2.03. The van der Waals surface area contributed by atoms with Crippen molar-refractivity contribution in [3.05, 3.63) is 11.7 Å². The lowest BCUT2D eigenvalue weighted by Crippen LogP contribution is -2.06. The zero-order valence-corrected chi connectivity index (χ0v) is 8.43. The van der Waals surface area contributed by atoms with E-state index in [-0.39, 0.29) is 0 Å². The molecular weight excluding hydrogens is 186 g/mol. The maximum atomic E-state index is 5.18. The molecule has 1 atom stereocenters. The van der Waals surface area contributed by atoms with Crippen LogP contribution in [0.2, 0.25) is 0 Å². The zero-order valence-electron chi connectivity index (χ0n) is 7.62. The Labute approximate surface area is 81.5 Å². The van der Waals surface area contributed by atoms with Gasteiger partial charge in [0.25, 0.3) is 0 Å². The van der Waals surface area contributed by atoms with Crippen LogP contribution in [0.15, 0.2) is 4.52 Å². The molecule has 2 heterocycles. The molecule has 1 N–H and O–H groups in total. The normalized spacial score (nSPS) is 22.4. The summed E-state index contributed by atoms with van der Waals surface area (Å²) in [5.41, 5.74) is 0. The first-order valence-electron chi connectivity index (χ1n) is 4.49. The first kappa shape index (κ1) is 9.02. The third-order valence-corrected chi connectivity index (χ3v) is 3.39. The Morgan fingerprint density at radius 1 is 1.69 bits per heavy atom. The van der Waals surface area contributed by atoms with E-state index in [1.54, 1.807) is 0 Å². The van der Waals surface area contributed by atoms with E-state index in [2.05, 4.69) is 15.5 Å². The maximum absolute atomic E-state index is 5.18.